The number of aliphatic imine (C=N–C) groups is 1. The van der Waals surface area contributed by atoms with Crippen LogP contribution < -0.4 is 15.5 Å². The van der Waals surface area contributed by atoms with Gasteiger partial charge < -0.3 is 25.5 Å². The van der Waals surface area contributed by atoms with Gasteiger partial charge in [0.1, 0.15) is 5.82 Å². The molecule has 2 heterocycles. The van der Waals surface area contributed by atoms with Crippen LogP contribution in [0, 0.1) is 5.41 Å². The summed E-state index contributed by atoms with van der Waals surface area (Å²) < 4.78 is 0. The number of likely N-dealkylation sites (N-methyl/N-ethyl adjacent to an activating group) is 1. The number of hydrogen-bond donors (Lipinski definition) is 3. The Morgan fingerprint density at radius 2 is 1.93 bits per heavy atom. The Hall–Kier alpha value is -1.86. The molecule has 2 aliphatic rings. The Balaban J connectivity index is 1.60. The summed E-state index contributed by atoms with van der Waals surface area (Å²) in [7, 11) is 2.17. The molecule has 0 radical (unpaired) electrons. The second kappa shape index (κ2) is 11.5. The zero-order chi connectivity index (χ0) is 21.2. The number of hydrogen-bond acceptors (Lipinski definition) is 5. The summed E-state index contributed by atoms with van der Waals surface area (Å²) >= 11 is 0. The number of pyridine rings is 1. The van der Waals surface area contributed by atoms with Crippen molar-refractivity contribution in [2.45, 2.75) is 52.0 Å². The average Bonchev–Trinajstić information content (AvgIpc) is 2.77. The van der Waals surface area contributed by atoms with Crippen molar-refractivity contribution >= 4 is 11.8 Å². The predicted octanol–water partition coefficient (Wildman–Crippen LogP) is 2.22. The van der Waals surface area contributed by atoms with Crippen molar-refractivity contribution in [2.75, 3.05) is 57.8 Å². The highest BCUT2D eigenvalue weighted by Crippen LogP contribution is 2.38. The lowest BCUT2D eigenvalue weighted by Gasteiger charge is -2.37. The van der Waals surface area contributed by atoms with Crippen molar-refractivity contribution in [1.29, 1.82) is 0 Å². The summed E-state index contributed by atoms with van der Waals surface area (Å²) in [4.78, 5) is 14.1. The van der Waals surface area contributed by atoms with E-state index in [0.29, 0.717) is 6.54 Å². The third-order valence-corrected chi connectivity index (χ3v) is 6.59. The topological polar surface area (TPSA) is 76.0 Å². The number of guanidine groups is 1. The van der Waals surface area contributed by atoms with Gasteiger partial charge in [-0.05, 0) is 56.3 Å². The van der Waals surface area contributed by atoms with E-state index >= 15 is 0 Å². The minimum Gasteiger partial charge on any atom is -0.396 e. The summed E-state index contributed by atoms with van der Waals surface area (Å²) in [5.74, 6) is 1.91. The van der Waals surface area contributed by atoms with Gasteiger partial charge in [0, 0.05) is 52.1 Å². The van der Waals surface area contributed by atoms with Gasteiger partial charge in [0.05, 0.1) is 6.54 Å². The van der Waals surface area contributed by atoms with Crippen molar-refractivity contribution in [3.63, 3.8) is 0 Å². The molecule has 7 nitrogen and oxygen atoms in total. The smallest absolute Gasteiger partial charge is 0.191 e. The van der Waals surface area contributed by atoms with Crippen LogP contribution in [0.3, 0.4) is 0 Å². The standard InChI is InChI=1S/C23H40N6O/c1-3-24-22(27-19-23(10-16-30)8-5-4-6-9-23)26-18-20-7-11-25-21(17-20)29-14-12-28(2)13-15-29/h7,11,17,30H,3-6,8-10,12-16,18-19H2,1-2H3,(H2,24,26,27). The molecule has 1 saturated heterocycles. The molecule has 0 unspecified atom stereocenters. The van der Waals surface area contributed by atoms with Gasteiger partial charge in [-0.25, -0.2) is 9.98 Å². The first-order chi connectivity index (χ1) is 14.6. The van der Waals surface area contributed by atoms with Crippen molar-refractivity contribution < 1.29 is 5.11 Å². The van der Waals surface area contributed by atoms with Crippen LogP contribution in [0.25, 0.3) is 0 Å². The van der Waals surface area contributed by atoms with Crippen LogP contribution in [0.2, 0.25) is 0 Å². The SMILES string of the molecule is CCNC(=NCc1ccnc(N2CCN(C)CC2)c1)NCC1(CCO)CCCCC1. The van der Waals surface area contributed by atoms with Gasteiger partial charge in [0.2, 0.25) is 0 Å². The van der Waals surface area contributed by atoms with E-state index in [-0.39, 0.29) is 12.0 Å². The summed E-state index contributed by atoms with van der Waals surface area (Å²) in [6.45, 7) is 8.90. The summed E-state index contributed by atoms with van der Waals surface area (Å²) in [6, 6.07) is 4.23. The minimum absolute atomic E-state index is 0.203. The second-order valence-corrected chi connectivity index (χ2v) is 8.90. The maximum Gasteiger partial charge on any atom is 0.191 e. The lowest BCUT2D eigenvalue weighted by Crippen LogP contribution is -2.45. The van der Waals surface area contributed by atoms with Crippen molar-refractivity contribution in [1.82, 2.24) is 20.5 Å². The number of anilines is 1. The quantitative estimate of drug-likeness (QED) is 0.446. The fourth-order valence-corrected chi connectivity index (χ4v) is 4.60. The highest BCUT2D eigenvalue weighted by Gasteiger charge is 2.31. The molecule has 30 heavy (non-hydrogen) atoms. The average molecular weight is 417 g/mol. The monoisotopic (exact) mass is 416 g/mol. The van der Waals surface area contributed by atoms with Crippen LogP contribution in [0.15, 0.2) is 23.3 Å². The Bertz CT molecular complexity index is 660. The lowest BCUT2D eigenvalue weighted by molar-refractivity contribution is 0.131. The number of aliphatic hydroxyl groups is 1. The Kier molecular flexibility index (Phi) is 8.75. The van der Waals surface area contributed by atoms with Gasteiger partial charge in [-0.2, -0.15) is 0 Å². The summed E-state index contributed by atoms with van der Waals surface area (Å²) in [6.07, 6.45) is 9.01. The van der Waals surface area contributed by atoms with Crippen LogP contribution in [0.5, 0.6) is 0 Å². The van der Waals surface area contributed by atoms with Gasteiger partial charge in [-0.15, -0.1) is 0 Å². The molecule has 0 atom stereocenters. The molecule has 1 aliphatic heterocycles. The molecule has 0 bridgehead atoms. The van der Waals surface area contributed by atoms with Gasteiger partial charge in [-0.3, -0.25) is 0 Å². The molecule has 1 aliphatic carbocycles. The third-order valence-electron chi connectivity index (χ3n) is 6.59. The predicted molar refractivity (Wildman–Crippen MR) is 124 cm³/mol. The maximum absolute atomic E-state index is 9.57. The molecule has 2 fully saturated rings. The Morgan fingerprint density at radius 3 is 2.63 bits per heavy atom. The van der Waals surface area contributed by atoms with E-state index in [2.05, 4.69) is 51.5 Å². The lowest BCUT2D eigenvalue weighted by atomic mass is 9.72. The summed E-state index contributed by atoms with van der Waals surface area (Å²) in [5.41, 5.74) is 1.38. The zero-order valence-electron chi connectivity index (χ0n) is 18.9. The number of nitrogens with one attached hydrogen (secondary N) is 2. The Labute approximate surface area is 182 Å². The van der Waals surface area contributed by atoms with Crippen molar-refractivity contribution in [3.8, 4) is 0 Å². The van der Waals surface area contributed by atoms with Crippen LogP contribution in [-0.2, 0) is 6.54 Å². The Morgan fingerprint density at radius 1 is 1.17 bits per heavy atom. The molecule has 168 valence electrons. The van der Waals surface area contributed by atoms with Crippen molar-refractivity contribution in [2.24, 2.45) is 10.4 Å². The minimum atomic E-state index is 0.203. The molecule has 3 N–H and O–H groups in total. The first-order valence-corrected chi connectivity index (χ1v) is 11.7. The molecule has 3 rings (SSSR count). The zero-order valence-corrected chi connectivity index (χ0v) is 18.9. The van der Waals surface area contributed by atoms with E-state index in [1.54, 1.807) is 0 Å². The first kappa shape index (κ1) is 22.8. The normalized spacial score (nSPS) is 20.2. The van der Waals surface area contributed by atoms with Gasteiger partial charge >= 0.3 is 0 Å². The van der Waals surface area contributed by atoms with Gasteiger partial charge in [-0.1, -0.05) is 19.3 Å². The molecule has 0 spiro atoms. The number of rotatable bonds is 8. The highest BCUT2D eigenvalue weighted by molar-refractivity contribution is 5.79. The van der Waals surface area contributed by atoms with E-state index in [4.69, 9.17) is 4.99 Å². The van der Waals surface area contributed by atoms with E-state index in [1.807, 2.05) is 6.20 Å². The molecule has 1 aromatic heterocycles. The molecular formula is C23H40N6O. The largest absolute Gasteiger partial charge is 0.396 e. The van der Waals surface area contributed by atoms with Crippen LogP contribution >= 0.6 is 0 Å². The van der Waals surface area contributed by atoms with E-state index < -0.39 is 0 Å². The maximum atomic E-state index is 9.57. The molecule has 0 amide bonds. The van der Waals surface area contributed by atoms with Crippen LogP contribution in [0.4, 0.5) is 5.82 Å². The molecule has 1 saturated carbocycles. The molecule has 0 aromatic carbocycles. The van der Waals surface area contributed by atoms with E-state index in [9.17, 15) is 5.11 Å². The number of aromatic nitrogens is 1. The van der Waals surface area contributed by atoms with Crippen LogP contribution in [-0.4, -0.2) is 73.9 Å². The fourth-order valence-electron chi connectivity index (χ4n) is 4.60. The molecule has 7 heteroatoms. The van der Waals surface area contributed by atoms with E-state index in [1.165, 1.54) is 37.7 Å². The number of aliphatic hydroxyl groups excluding tert-OH is 1. The number of nitrogens with zero attached hydrogens (tertiary/aromatic N) is 4. The first-order valence-electron chi connectivity index (χ1n) is 11.7. The van der Waals surface area contributed by atoms with Crippen molar-refractivity contribution in [3.05, 3.63) is 23.9 Å². The summed E-state index contributed by atoms with van der Waals surface area (Å²) in [5, 5.41) is 16.5. The second-order valence-electron chi connectivity index (χ2n) is 8.90. The third kappa shape index (κ3) is 6.57. The fraction of sp³-hybridized carbons (Fsp3) is 0.739. The number of piperazine rings is 1. The highest BCUT2D eigenvalue weighted by atomic mass is 16.3. The van der Waals surface area contributed by atoms with Gasteiger partial charge in [0.15, 0.2) is 5.96 Å². The van der Waals surface area contributed by atoms with E-state index in [0.717, 1.165) is 57.5 Å². The van der Waals surface area contributed by atoms with Crippen LogP contribution in [0.1, 0.15) is 51.0 Å². The van der Waals surface area contributed by atoms with Gasteiger partial charge in [0.25, 0.3) is 0 Å². The molecule has 1 aromatic rings. The molecular weight excluding hydrogens is 376 g/mol.